The van der Waals surface area contributed by atoms with Gasteiger partial charge < -0.3 is 14.7 Å². The van der Waals surface area contributed by atoms with Crippen molar-refractivity contribution < 1.29 is 19.2 Å². The van der Waals surface area contributed by atoms with E-state index < -0.39 is 7.82 Å². The Morgan fingerprint density at radius 3 is 1.14 bits per heavy atom. The molecular formula is H7BaO4PSe. The number of hydrogen-bond acceptors (Lipinski definition) is 1. The van der Waals surface area contributed by atoms with Gasteiger partial charge in [0, 0.05) is 0 Å². The fourth-order valence-electron chi connectivity index (χ4n) is 0. The second-order valence-corrected chi connectivity index (χ2v) is 1.54. The predicted octanol–water partition coefficient (Wildman–Crippen LogP) is -2.76. The van der Waals surface area contributed by atoms with Gasteiger partial charge in [-0.15, -0.1) is 0 Å². The summed E-state index contributed by atoms with van der Waals surface area (Å²) in [4.78, 5) is 21.6. The van der Waals surface area contributed by atoms with Crippen LogP contribution in [0.1, 0.15) is 0 Å². The first-order chi connectivity index (χ1) is 2.00. The first kappa shape index (κ1) is 16.1. The molecule has 0 spiro atoms. The average Bonchev–Trinajstić information content (AvgIpc) is 0.722. The van der Waals surface area contributed by atoms with Crippen LogP contribution in [0.15, 0.2) is 0 Å². The van der Waals surface area contributed by atoms with Crippen molar-refractivity contribution >= 4 is 73.8 Å². The van der Waals surface area contributed by atoms with E-state index in [0.717, 1.165) is 0 Å². The molecule has 0 amide bonds. The van der Waals surface area contributed by atoms with Crippen LogP contribution in [0.5, 0.6) is 0 Å². The minimum absolute atomic E-state index is 0. The summed E-state index contributed by atoms with van der Waals surface area (Å²) in [5.41, 5.74) is 0. The van der Waals surface area contributed by atoms with Crippen LogP contribution in [-0.4, -0.2) is 80.6 Å². The van der Waals surface area contributed by atoms with Gasteiger partial charge >= 0.3 is 73.8 Å². The fourth-order valence-corrected chi connectivity index (χ4v) is 0. The number of rotatable bonds is 0. The van der Waals surface area contributed by atoms with Gasteiger partial charge in [-0.2, -0.15) is 0 Å². The van der Waals surface area contributed by atoms with Gasteiger partial charge in [-0.3, -0.25) is 0 Å². The van der Waals surface area contributed by atoms with E-state index in [1.54, 1.807) is 0 Å². The molecule has 4 nitrogen and oxygen atoms in total. The maximum absolute atomic E-state index is 8.88. The van der Waals surface area contributed by atoms with Crippen LogP contribution in [0.3, 0.4) is 0 Å². The van der Waals surface area contributed by atoms with Crippen LogP contribution < -0.4 is 0 Å². The average molecular weight is 318 g/mol. The summed E-state index contributed by atoms with van der Waals surface area (Å²) >= 11 is 0. The van der Waals surface area contributed by atoms with E-state index in [0.29, 0.717) is 0 Å². The molecule has 0 aromatic rings. The molecule has 0 atom stereocenters. The van der Waals surface area contributed by atoms with Crippen LogP contribution in [0.4, 0.5) is 0 Å². The van der Waals surface area contributed by atoms with E-state index in [9.17, 15) is 0 Å². The Morgan fingerprint density at radius 2 is 1.14 bits per heavy atom. The zero-order valence-corrected chi connectivity index (χ0v) is 5.69. The molecule has 0 rings (SSSR count). The molecule has 0 aliphatic carbocycles. The van der Waals surface area contributed by atoms with Crippen molar-refractivity contribution in [2.24, 2.45) is 0 Å². The van der Waals surface area contributed by atoms with Gasteiger partial charge in [0.05, 0.1) is 0 Å². The Morgan fingerprint density at radius 1 is 1.14 bits per heavy atom. The molecule has 0 saturated heterocycles. The van der Waals surface area contributed by atoms with Gasteiger partial charge in [-0.1, -0.05) is 0 Å². The molecule has 0 aliphatic heterocycles. The molecule has 0 aliphatic rings. The van der Waals surface area contributed by atoms with Crippen molar-refractivity contribution in [1.29, 1.82) is 0 Å². The molecule has 0 saturated carbocycles. The van der Waals surface area contributed by atoms with E-state index in [2.05, 4.69) is 0 Å². The number of hydrogen-bond donors (Lipinski definition) is 3. The molecule has 3 N–H and O–H groups in total. The third-order valence-corrected chi connectivity index (χ3v) is 0. The van der Waals surface area contributed by atoms with Gasteiger partial charge in [-0.05, 0) is 0 Å². The van der Waals surface area contributed by atoms with Crippen LogP contribution >= 0.6 is 7.82 Å². The normalized spacial score (nSPS) is 8.43. The van der Waals surface area contributed by atoms with Gasteiger partial charge in [0.25, 0.3) is 0 Å². The van der Waals surface area contributed by atoms with Crippen molar-refractivity contribution in [1.82, 2.24) is 0 Å². The summed E-state index contributed by atoms with van der Waals surface area (Å²) < 4.78 is 8.88. The van der Waals surface area contributed by atoms with E-state index >= 15 is 0 Å². The fraction of sp³-hybridized carbons (Fsp3) is 0. The van der Waals surface area contributed by atoms with Crippen LogP contribution in [0, 0.1) is 0 Å². The third-order valence-electron chi connectivity index (χ3n) is 0. The predicted molar refractivity (Wildman–Crippen MR) is 31.4 cm³/mol. The standard InChI is InChI=1S/Ba.H3O4P.H2Se.2H/c;1-5(2,3)4;;;/h;(H3,1,2,3,4);1H2;;. The molecule has 0 bridgehead atoms. The first-order valence-electron chi connectivity index (χ1n) is 0.783. The van der Waals surface area contributed by atoms with Crippen molar-refractivity contribution in [2.75, 3.05) is 0 Å². The van der Waals surface area contributed by atoms with Crippen molar-refractivity contribution in [2.45, 2.75) is 0 Å². The third kappa shape index (κ3) is 65.1. The monoisotopic (exact) mass is 320 g/mol. The molecule has 0 unspecified atom stereocenters. The van der Waals surface area contributed by atoms with Gasteiger partial charge in [0.15, 0.2) is 0 Å². The Hall–Kier alpha value is 2.20. The summed E-state index contributed by atoms with van der Waals surface area (Å²) in [7, 11) is -4.64. The van der Waals surface area contributed by atoms with E-state index in [4.69, 9.17) is 19.2 Å². The molecule has 0 aromatic heterocycles. The molecule has 0 heterocycles. The van der Waals surface area contributed by atoms with Crippen LogP contribution in [0.25, 0.3) is 0 Å². The van der Waals surface area contributed by atoms with Gasteiger partial charge in [0.1, 0.15) is 0 Å². The van der Waals surface area contributed by atoms with Crippen molar-refractivity contribution in [3.8, 4) is 0 Å². The van der Waals surface area contributed by atoms with Crippen molar-refractivity contribution in [3.63, 3.8) is 0 Å². The molecule has 44 valence electrons. The van der Waals surface area contributed by atoms with Gasteiger partial charge in [-0.25, -0.2) is 4.57 Å². The molecule has 7 heteroatoms. The minimum atomic E-state index is -4.64. The maximum atomic E-state index is 8.88. The van der Waals surface area contributed by atoms with E-state index in [1.807, 2.05) is 0 Å². The molecule has 7 heavy (non-hydrogen) atoms. The molecular weight excluding hydrogens is 311 g/mol. The Kier molecular flexibility index (Phi) is 14.5. The first-order valence-corrected chi connectivity index (χ1v) is 2.35. The summed E-state index contributed by atoms with van der Waals surface area (Å²) in [6.07, 6.45) is 0. The quantitative estimate of drug-likeness (QED) is 0.334. The summed E-state index contributed by atoms with van der Waals surface area (Å²) in [6.45, 7) is 0. The zero-order valence-electron chi connectivity index (χ0n) is 2.70. The van der Waals surface area contributed by atoms with Crippen LogP contribution in [-0.2, 0) is 4.57 Å². The zero-order chi connectivity index (χ0) is 4.50. The van der Waals surface area contributed by atoms with Gasteiger partial charge in [0.2, 0.25) is 0 Å². The second kappa shape index (κ2) is 6.32. The second-order valence-electron chi connectivity index (χ2n) is 0.513. The summed E-state index contributed by atoms with van der Waals surface area (Å²) in [5, 5.41) is 0. The summed E-state index contributed by atoms with van der Waals surface area (Å²) in [5.74, 6) is 0. The SMILES string of the molecule is O=P(O)(O)O.[BaH2].[SeH2]. The van der Waals surface area contributed by atoms with E-state index in [-0.39, 0.29) is 65.9 Å². The Balaban J connectivity index is -0.0000000800. The van der Waals surface area contributed by atoms with E-state index in [1.165, 1.54) is 0 Å². The molecule has 0 radical (unpaired) electrons. The Labute approximate surface area is 91.5 Å². The summed E-state index contributed by atoms with van der Waals surface area (Å²) in [6, 6.07) is 0. The number of phosphoric acid groups is 1. The topological polar surface area (TPSA) is 77.8 Å². The Bertz CT molecular complexity index is 57.8. The molecule has 0 fully saturated rings. The van der Waals surface area contributed by atoms with Crippen LogP contribution in [0.2, 0.25) is 0 Å². The van der Waals surface area contributed by atoms with Crippen molar-refractivity contribution in [3.05, 3.63) is 0 Å². The molecule has 0 aromatic carbocycles.